The van der Waals surface area contributed by atoms with E-state index in [1.807, 2.05) is 54.6 Å². The fraction of sp³-hybridized carbons (Fsp3) is 0.393. The van der Waals surface area contributed by atoms with Gasteiger partial charge in [0.25, 0.3) is 5.91 Å². The molecule has 1 N–H and O–H groups in total. The van der Waals surface area contributed by atoms with Crippen LogP contribution in [0.3, 0.4) is 0 Å². The molecule has 2 amide bonds. The Morgan fingerprint density at radius 3 is 2.38 bits per heavy atom. The number of amides is 2. The van der Waals surface area contributed by atoms with Gasteiger partial charge in [0.05, 0.1) is 17.4 Å². The normalized spacial score (nSPS) is 30.5. The molecule has 174 valence electrons. The van der Waals surface area contributed by atoms with Crippen molar-refractivity contribution in [3.8, 4) is 5.75 Å². The lowest BCUT2D eigenvalue weighted by Crippen LogP contribution is -2.51. The Bertz CT molecular complexity index is 1180. The van der Waals surface area contributed by atoms with Crippen LogP contribution in [0, 0.1) is 23.2 Å². The van der Waals surface area contributed by atoms with E-state index in [1.165, 1.54) is 31.0 Å². The van der Waals surface area contributed by atoms with E-state index >= 15 is 0 Å². The Balaban J connectivity index is 1.17. The number of hydrogen-bond donors (Lipinski definition) is 1. The monoisotopic (exact) mass is 472 g/mol. The summed E-state index contributed by atoms with van der Waals surface area (Å²) in [5, 5.41) is 3.88. The molecule has 2 aromatic rings. The summed E-state index contributed by atoms with van der Waals surface area (Å²) in [5.74, 6) is 2.91. The number of methoxy groups -OCH3 is 1. The van der Waals surface area contributed by atoms with E-state index in [-0.39, 0.29) is 17.2 Å². The predicted molar refractivity (Wildman–Crippen MR) is 136 cm³/mol. The first-order chi connectivity index (χ1) is 16.5. The van der Waals surface area contributed by atoms with Crippen molar-refractivity contribution in [2.45, 2.75) is 38.5 Å². The molecule has 0 atom stereocenters. The highest BCUT2D eigenvalue weighted by atomic mass is 32.2. The number of ether oxygens (including phenoxy) is 1. The summed E-state index contributed by atoms with van der Waals surface area (Å²) in [4.78, 5) is 30.8. The molecule has 34 heavy (non-hydrogen) atoms. The average molecular weight is 473 g/mol. The quantitative estimate of drug-likeness (QED) is 0.549. The standard InChI is InChI=1S/C28H28N2O3S/c1-33-23-7-5-17(6-8-23)12-24-25(31)30-26(34-24)21-3-2-4-22(13-21)29-27(32)28-14-18-9-19(15-28)11-20(10-18)16-28/h2-8,12-13,18-20H,9-11,14-16H2,1H3,(H,29,32)/b24-12-. The molecule has 0 spiro atoms. The van der Waals surface area contributed by atoms with Crippen molar-refractivity contribution in [2.24, 2.45) is 28.2 Å². The van der Waals surface area contributed by atoms with Crippen LogP contribution in [-0.2, 0) is 9.59 Å². The average Bonchev–Trinajstić information content (AvgIpc) is 3.19. The Kier molecular flexibility index (Phi) is 5.36. The van der Waals surface area contributed by atoms with Crippen molar-refractivity contribution in [1.29, 1.82) is 0 Å². The number of nitrogens with one attached hydrogen (secondary N) is 1. The molecule has 1 aliphatic heterocycles. The van der Waals surface area contributed by atoms with Crippen LogP contribution in [0.1, 0.15) is 49.7 Å². The maximum absolute atomic E-state index is 13.4. The predicted octanol–water partition coefficient (Wildman–Crippen LogP) is 5.91. The van der Waals surface area contributed by atoms with Crippen LogP contribution in [0.4, 0.5) is 5.69 Å². The highest BCUT2D eigenvalue weighted by Crippen LogP contribution is 2.60. The molecule has 4 aliphatic carbocycles. The highest BCUT2D eigenvalue weighted by molar-refractivity contribution is 8.19. The van der Waals surface area contributed by atoms with Crippen molar-refractivity contribution in [3.63, 3.8) is 0 Å². The molecule has 7 rings (SSSR count). The van der Waals surface area contributed by atoms with Crippen LogP contribution in [0.25, 0.3) is 6.08 Å². The van der Waals surface area contributed by atoms with Crippen LogP contribution in [-0.4, -0.2) is 24.0 Å². The van der Waals surface area contributed by atoms with E-state index in [4.69, 9.17) is 4.74 Å². The summed E-state index contributed by atoms with van der Waals surface area (Å²) < 4.78 is 5.20. The summed E-state index contributed by atoms with van der Waals surface area (Å²) >= 11 is 1.37. The van der Waals surface area contributed by atoms with Gasteiger partial charge in [-0.3, -0.25) is 9.59 Å². The third-order valence-electron chi connectivity index (χ3n) is 7.92. The van der Waals surface area contributed by atoms with Gasteiger partial charge in [0.2, 0.25) is 5.91 Å². The first-order valence-electron chi connectivity index (χ1n) is 12.1. The maximum atomic E-state index is 13.4. The molecule has 0 aromatic heterocycles. The minimum absolute atomic E-state index is 0.181. The van der Waals surface area contributed by atoms with Gasteiger partial charge in [-0.05, 0) is 92.2 Å². The van der Waals surface area contributed by atoms with Crippen molar-refractivity contribution in [2.75, 3.05) is 12.4 Å². The van der Waals surface area contributed by atoms with Gasteiger partial charge in [0.1, 0.15) is 10.8 Å². The van der Waals surface area contributed by atoms with Crippen LogP contribution >= 0.6 is 11.8 Å². The van der Waals surface area contributed by atoms with Crippen LogP contribution in [0.5, 0.6) is 5.75 Å². The zero-order valence-electron chi connectivity index (χ0n) is 19.3. The molecule has 2 aromatic carbocycles. The second-order valence-electron chi connectivity index (χ2n) is 10.3. The summed E-state index contributed by atoms with van der Waals surface area (Å²) in [7, 11) is 1.63. The molecule has 4 fully saturated rings. The number of carbonyl (C=O) groups excluding carboxylic acids is 2. The molecule has 5 aliphatic rings. The van der Waals surface area contributed by atoms with Gasteiger partial charge >= 0.3 is 0 Å². The van der Waals surface area contributed by atoms with Crippen LogP contribution in [0.15, 0.2) is 58.4 Å². The fourth-order valence-electron chi connectivity index (χ4n) is 6.77. The topological polar surface area (TPSA) is 67.8 Å². The third kappa shape index (κ3) is 3.98. The van der Waals surface area contributed by atoms with Crippen molar-refractivity contribution in [3.05, 3.63) is 64.6 Å². The first kappa shape index (κ1) is 21.7. The van der Waals surface area contributed by atoms with Crippen molar-refractivity contribution < 1.29 is 14.3 Å². The number of carbonyl (C=O) groups is 2. The number of nitrogens with zero attached hydrogens (tertiary/aromatic N) is 1. The van der Waals surface area contributed by atoms with E-state index in [0.29, 0.717) is 9.95 Å². The van der Waals surface area contributed by atoms with E-state index in [0.717, 1.165) is 59.6 Å². The Labute approximate surface area is 204 Å². The van der Waals surface area contributed by atoms with Gasteiger partial charge in [0.15, 0.2) is 0 Å². The third-order valence-corrected chi connectivity index (χ3v) is 8.95. The van der Waals surface area contributed by atoms with Crippen LogP contribution in [0.2, 0.25) is 0 Å². The largest absolute Gasteiger partial charge is 0.497 e. The summed E-state index contributed by atoms with van der Waals surface area (Å²) in [6.07, 6.45) is 8.93. The van der Waals surface area contributed by atoms with Gasteiger partial charge in [-0.15, -0.1) is 0 Å². The van der Waals surface area contributed by atoms with Crippen molar-refractivity contribution in [1.82, 2.24) is 0 Å². The smallest absolute Gasteiger partial charge is 0.284 e. The number of aliphatic imine (C=N–C) groups is 1. The van der Waals surface area contributed by atoms with E-state index in [1.54, 1.807) is 7.11 Å². The van der Waals surface area contributed by atoms with Gasteiger partial charge in [-0.25, -0.2) is 4.99 Å². The van der Waals surface area contributed by atoms with E-state index in [9.17, 15) is 9.59 Å². The number of anilines is 1. The number of rotatable bonds is 5. The van der Waals surface area contributed by atoms with E-state index in [2.05, 4.69) is 10.3 Å². The zero-order valence-corrected chi connectivity index (χ0v) is 20.1. The highest BCUT2D eigenvalue weighted by Gasteiger charge is 2.54. The van der Waals surface area contributed by atoms with Crippen LogP contribution < -0.4 is 10.1 Å². The van der Waals surface area contributed by atoms with Gasteiger partial charge in [-0.2, -0.15) is 0 Å². The molecule has 5 nitrogen and oxygen atoms in total. The molecule has 4 bridgehead atoms. The van der Waals surface area contributed by atoms with E-state index < -0.39 is 0 Å². The van der Waals surface area contributed by atoms with Gasteiger partial charge < -0.3 is 10.1 Å². The zero-order chi connectivity index (χ0) is 23.3. The summed E-state index contributed by atoms with van der Waals surface area (Å²) in [6.45, 7) is 0. The lowest BCUT2D eigenvalue weighted by atomic mass is 9.49. The minimum Gasteiger partial charge on any atom is -0.497 e. The second kappa shape index (κ2) is 8.42. The minimum atomic E-state index is -0.237. The van der Waals surface area contributed by atoms with Gasteiger partial charge in [-0.1, -0.05) is 36.0 Å². The lowest BCUT2D eigenvalue weighted by molar-refractivity contribution is -0.140. The molecular formula is C28H28N2O3S. The summed E-state index contributed by atoms with van der Waals surface area (Å²) in [6, 6.07) is 15.3. The Morgan fingerprint density at radius 1 is 1.06 bits per heavy atom. The molecular weight excluding hydrogens is 444 g/mol. The Hall–Kier alpha value is -2.86. The van der Waals surface area contributed by atoms with Gasteiger partial charge in [0, 0.05) is 11.3 Å². The maximum Gasteiger partial charge on any atom is 0.284 e. The molecule has 0 radical (unpaired) electrons. The molecule has 6 heteroatoms. The molecule has 0 saturated heterocycles. The molecule has 4 saturated carbocycles. The fourth-order valence-corrected chi connectivity index (χ4v) is 7.68. The number of hydrogen-bond acceptors (Lipinski definition) is 4. The molecule has 1 heterocycles. The number of benzene rings is 2. The Morgan fingerprint density at radius 2 is 1.74 bits per heavy atom. The first-order valence-corrected chi connectivity index (χ1v) is 12.9. The lowest BCUT2D eigenvalue weighted by Gasteiger charge is -2.55. The summed E-state index contributed by atoms with van der Waals surface area (Å²) in [5.41, 5.74) is 2.36. The van der Waals surface area contributed by atoms with Crippen molar-refractivity contribution >= 4 is 40.4 Å². The number of thioether (sulfide) groups is 1. The SMILES string of the molecule is COc1ccc(/C=C2\SC(c3cccc(NC(=O)C45CC6CC(CC(C6)C4)C5)c3)=NC2=O)cc1. The second-order valence-corrected chi connectivity index (χ2v) is 11.4. The molecule has 0 unspecified atom stereocenters.